The summed E-state index contributed by atoms with van der Waals surface area (Å²) in [6.45, 7) is 0.819. The lowest BCUT2D eigenvalue weighted by Crippen LogP contribution is -2.24. The minimum Gasteiger partial charge on any atom is -0.310 e. The fraction of sp³-hybridized carbons (Fsp3) is 0.300. The van der Waals surface area contributed by atoms with Gasteiger partial charge in [-0.25, -0.2) is 0 Å². The first-order valence-corrected chi connectivity index (χ1v) is 6.03. The van der Waals surface area contributed by atoms with Crippen molar-refractivity contribution >= 4 is 43.5 Å². The molecule has 1 amide bonds. The zero-order chi connectivity index (χ0) is 10.1. The molecule has 0 unspecified atom stereocenters. The number of amides is 1. The first-order valence-electron chi connectivity index (χ1n) is 4.44. The van der Waals surface area contributed by atoms with E-state index in [0.717, 1.165) is 27.6 Å². The number of hydrogen-bond donors (Lipinski definition) is 0. The second-order valence-electron chi connectivity index (χ2n) is 3.22. The van der Waals surface area contributed by atoms with Crippen LogP contribution in [0.25, 0.3) is 0 Å². The van der Waals surface area contributed by atoms with Crippen molar-refractivity contribution in [3.63, 3.8) is 0 Å². The van der Waals surface area contributed by atoms with Crippen LogP contribution in [-0.4, -0.2) is 12.5 Å². The van der Waals surface area contributed by atoms with Crippen molar-refractivity contribution < 1.29 is 4.79 Å². The molecule has 0 atom stereocenters. The average Bonchev–Trinajstić information content (AvgIpc) is 2.52. The van der Waals surface area contributed by atoms with E-state index in [-0.39, 0.29) is 5.91 Å². The van der Waals surface area contributed by atoms with Gasteiger partial charge in [-0.05, 0) is 50.4 Å². The van der Waals surface area contributed by atoms with Crippen molar-refractivity contribution in [3.05, 3.63) is 27.1 Å². The molecule has 0 aromatic heterocycles. The number of hydrogen-bond acceptors (Lipinski definition) is 1. The molecular weight excluding hydrogens is 310 g/mol. The van der Waals surface area contributed by atoms with Crippen molar-refractivity contribution in [2.24, 2.45) is 0 Å². The van der Waals surface area contributed by atoms with Gasteiger partial charge in [0.15, 0.2) is 0 Å². The Labute approximate surface area is 99.5 Å². The number of nitrogens with zero attached hydrogens (tertiary/aromatic N) is 1. The molecule has 2 nitrogen and oxygen atoms in total. The quantitative estimate of drug-likeness (QED) is 0.777. The molecule has 1 saturated heterocycles. The number of anilines is 1. The van der Waals surface area contributed by atoms with Crippen LogP contribution in [0.5, 0.6) is 0 Å². The number of halogens is 2. The molecule has 1 heterocycles. The van der Waals surface area contributed by atoms with Crippen molar-refractivity contribution in [2.45, 2.75) is 12.8 Å². The third kappa shape index (κ3) is 1.73. The van der Waals surface area contributed by atoms with E-state index in [0.29, 0.717) is 6.42 Å². The highest BCUT2D eigenvalue weighted by Crippen LogP contribution is 2.36. The minimum atomic E-state index is 0.206. The lowest BCUT2D eigenvalue weighted by atomic mass is 10.3. The summed E-state index contributed by atoms with van der Waals surface area (Å²) in [7, 11) is 0. The van der Waals surface area contributed by atoms with Gasteiger partial charge in [-0.2, -0.15) is 0 Å². The van der Waals surface area contributed by atoms with E-state index in [1.807, 2.05) is 23.1 Å². The second kappa shape index (κ2) is 4.03. The molecule has 0 spiro atoms. The van der Waals surface area contributed by atoms with E-state index in [1.54, 1.807) is 0 Å². The van der Waals surface area contributed by atoms with Crippen LogP contribution in [0.4, 0.5) is 5.69 Å². The fourth-order valence-corrected chi connectivity index (χ4v) is 3.06. The summed E-state index contributed by atoms with van der Waals surface area (Å²) in [6.07, 6.45) is 1.61. The van der Waals surface area contributed by atoms with Crippen LogP contribution in [0, 0.1) is 0 Å². The van der Waals surface area contributed by atoms with Crippen LogP contribution in [0.3, 0.4) is 0 Å². The lowest BCUT2D eigenvalue weighted by Gasteiger charge is -2.18. The highest BCUT2D eigenvalue weighted by molar-refractivity contribution is 9.11. The van der Waals surface area contributed by atoms with E-state index >= 15 is 0 Å². The van der Waals surface area contributed by atoms with Crippen molar-refractivity contribution in [3.8, 4) is 0 Å². The van der Waals surface area contributed by atoms with Crippen LogP contribution < -0.4 is 4.90 Å². The van der Waals surface area contributed by atoms with Gasteiger partial charge < -0.3 is 4.90 Å². The molecule has 0 bridgehead atoms. The Morgan fingerprint density at radius 2 is 1.86 bits per heavy atom. The third-order valence-corrected chi connectivity index (χ3v) is 3.56. The zero-order valence-electron chi connectivity index (χ0n) is 7.46. The number of rotatable bonds is 1. The SMILES string of the molecule is O=C1CCCN1c1c(Br)cccc1Br. The molecule has 14 heavy (non-hydrogen) atoms. The Morgan fingerprint density at radius 3 is 2.36 bits per heavy atom. The Bertz CT molecular complexity index is 358. The summed E-state index contributed by atoms with van der Waals surface area (Å²) in [5.41, 5.74) is 0.954. The first-order chi connectivity index (χ1) is 6.70. The van der Waals surface area contributed by atoms with Gasteiger partial charge in [0.2, 0.25) is 5.91 Å². The van der Waals surface area contributed by atoms with Gasteiger partial charge in [-0.3, -0.25) is 4.79 Å². The zero-order valence-corrected chi connectivity index (χ0v) is 10.6. The Morgan fingerprint density at radius 1 is 1.21 bits per heavy atom. The monoisotopic (exact) mass is 317 g/mol. The van der Waals surface area contributed by atoms with Crippen LogP contribution in [0.1, 0.15) is 12.8 Å². The van der Waals surface area contributed by atoms with E-state index in [1.165, 1.54) is 0 Å². The molecule has 0 saturated carbocycles. The molecule has 0 radical (unpaired) electrons. The molecule has 1 aromatic rings. The largest absolute Gasteiger partial charge is 0.310 e. The maximum Gasteiger partial charge on any atom is 0.227 e. The second-order valence-corrected chi connectivity index (χ2v) is 4.93. The predicted octanol–water partition coefficient (Wildman–Crippen LogP) is 3.34. The molecule has 2 rings (SSSR count). The van der Waals surface area contributed by atoms with Crippen molar-refractivity contribution in [1.29, 1.82) is 0 Å². The van der Waals surface area contributed by atoms with Crippen LogP contribution in [-0.2, 0) is 4.79 Å². The van der Waals surface area contributed by atoms with Crippen LogP contribution in [0.15, 0.2) is 27.1 Å². The average molecular weight is 319 g/mol. The van der Waals surface area contributed by atoms with Crippen molar-refractivity contribution in [2.75, 3.05) is 11.4 Å². The van der Waals surface area contributed by atoms with Crippen molar-refractivity contribution in [1.82, 2.24) is 0 Å². The molecule has 1 aliphatic rings. The van der Waals surface area contributed by atoms with E-state index in [2.05, 4.69) is 31.9 Å². The first kappa shape index (κ1) is 10.2. The summed E-state index contributed by atoms with van der Waals surface area (Å²) < 4.78 is 1.92. The fourth-order valence-electron chi connectivity index (χ4n) is 1.63. The molecule has 1 aliphatic heterocycles. The van der Waals surface area contributed by atoms with Crippen LogP contribution >= 0.6 is 31.9 Å². The number of carbonyl (C=O) groups is 1. The van der Waals surface area contributed by atoms with Gasteiger partial charge in [0.25, 0.3) is 0 Å². The molecule has 4 heteroatoms. The molecule has 1 aromatic carbocycles. The van der Waals surface area contributed by atoms with Gasteiger partial charge in [0, 0.05) is 21.9 Å². The van der Waals surface area contributed by atoms with Gasteiger partial charge in [0.1, 0.15) is 0 Å². The molecule has 1 fully saturated rings. The third-order valence-electron chi connectivity index (χ3n) is 2.28. The Balaban J connectivity index is 2.44. The van der Waals surface area contributed by atoms with E-state index < -0.39 is 0 Å². The van der Waals surface area contributed by atoms with Crippen LogP contribution in [0.2, 0.25) is 0 Å². The normalized spacial score (nSPS) is 16.4. The summed E-state index contributed by atoms with van der Waals surface area (Å²) in [5, 5.41) is 0. The number of benzene rings is 1. The highest BCUT2D eigenvalue weighted by atomic mass is 79.9. The van der Waals surface area contributed by atoms with E-state index in [9.17, 15) is 4.79 Å². The molecule has 0 aliphatic carbocycles. The standard InChI is InChI=1S/C10H9Br2NO/c11-7-3-1-4-8(12)10(7)13-6-2-5-9(13)14/h1,3-4H,2,5-6H2. The maximum atomic E-state index is 11.6. The summed E-state index contributed by atoms with van der Waals surface area (Å²) in [6, 6.07) is 5.84. The van der Waals surface area contributed by atoms with Gasteiger partial charge in [-0.1, -0.05) is 6.07 Å². The Kier molecular flexibility index (Phi) is 2.93. The van der Waals surface area contributed by atoms with Gasteiger partial charge >= 0.3 is 0 Å². The molecular formula is C10H9Br2NO. The highest BCUT2D eigenvalue weighted by Gasteiger charge is 2.24. The molecule has 74 valence electrons. The summed E-state index contributed by atoms with van der Waals surface area (Å²) in [5.74, 6) is 0.206. The number of para-hydroxylation sites is 1. The summed E-state index contributed by atoms with van der Waals surface area (Å²) >= 11 is 6.92. The Hall–Kier alpha value is -0.350. The number of carbonyl (C=O) groups excluding carboxylic acids is 1. The maximum absolute atomic E-state index is 11.6. The summed E-state index contributed by atoms with van der Waals surface area (Å²) in [4.78, 5) is 13.4. The van der Waals surface area contributed by atoms with Gasteiger partial charge in [-0.15, -0.1) is 0 Å². The lowest BCUT2D eigenvalue weighted by molar-refractivity contribution is -0.117. The molecule has 0 N–H and O–H groups in total. The predicted molar refractivity (Wildman–Crippen MR) is 63.4 cm³/mol. The van der Waals surface area contributed by atoms with E-state index in [4.69, 9.17) is 0 Å². The topological polar surface area (TPSA) is 20.3 Å². The minimum absolute atomic E-state index is 0.206. The smallest absolute Gasteiger partial charge is 0.227 e. The van der Waals surface area contributed by atoms with Gasteiger partial charge in [0.05, 0.1) is 5.69 Å².